The van der Waals surface area contributed by atoms with Crippen molar-refractivity contribution in [1.82, 2.24) is 0 Å². The molecule has 4 heteroatoms. The van der Waals surface area contributed by atoms with E-state index in [0.717, 1.165) is 6.42 Å². The van der Waals surface area contributed by atoms with Gasteiger partial charge in [0.1, 0.15) is 0 Å². The number of ether oxygens (including phenoxy) is 1. The third-order valence-electron chi connectivity index (χ3n) is 2.01. The largest absolute Gasteiger partial charge is 0.481 e. The zero-order valence-electron chi connectivity index (χ0n) is 9.25. The standard InChI is InChI=1S/C10H21NO3/c1-8(11)5-7-14-10(2,3)6-4-9(12)13/h8H,4-7,11H2,1-3H3,(H,12,13). The van der Waals surface area contributed by atoms with Crippen molar-refractivity contribution in [2.45, 2.75) is 51.7 Å². The highest BCUT2D eigenvalue weighted by molar-refractivity contribution is 5.66. The van der Waals surface area contributed by atoms with E-state index in [1.165, 1.54) is 0 Å². The molecule has 14 heavy (non-hydrogen) atoms. The van der Waals surface area contributed by atoms with Crippen molar-refractivity contribution in [2.75, 3.05) is 6.61 Å². The van der Waals surface area contributed by atoms with Gasteiger partial charge in [0, 0.05) is 19.1 Å². The number of carboxylic acid groups (broad SMARTS) is 1. The first-order chi connectivity index (χ1) is 6.33. The van der Waals surface area contributed by atoms with Crippen LogP contribution in [0.5, 0.6) is 0 Å². The number of aliphatic carboxylic acids is 1. The van der Waals surface area contributed by atoms with Gasteiger partial charge >= 0.3 is 5.97 Å². The molecule has 0 saturated carbocycles. The average molecular weight is 203 g/mol. The summed E-state index contributed by atoms with van der Waals surface area (Å²) < 4.78 is 5.55. The van der Waals surface area contributed by atoms with Gasteiger partial charge in [0.25, 0.3) is 0 Å². The second kappa shape index (κ2) is 5.98. The molecule has 0 aliphatic carbocycles. The molecule has 0 aromatic rings. The van der Waals surface area contributed by atoms with Crippen LogP contribution in [0.3, 0.4) is 0 Å². The number of hydrogen-bond acceptors (Lipinski definition) is 3. The molecule has 0 aliphatic rings. The summed E-state index contributed by atoms with van der Waals surface area (Å²) in [5, 5.41) is 8.51. The Kier molecular flexibility index (Phi) is 5.72. The van der Waals surface area contributed by atoms with E-state index in [-0.39, 0.29) is 18.1 Å². The minimum atomic E-state index is -0.783. The summed E-state index contributed by atoms with van der Waals surface area (Å²) in [6.45, 7) is 6.31. The van der Waals surface area contributed by atoms with Crippen LogP contribution < -0.4 is 5.73 Å². The minimum absolute atomic E-state index is 0.130. The maximum atomic E-state index is 10.4. The van der Waals surface area contributed by atoms with Crippen molar-refractivity contribution in [2.24, 2.45) is 5.73 Å². The molecule has 0 saturated heterocycles. The summed E-state index contributed by atoms with van der Waals surface area (Å²) in [4.78, 5) is 10.4. The van der Waals surface area contributed by atoms with Gasteiger partial charge in [-0.1, -0.05) is 0 Å². The number of carbonyl (C=O) groups is 1. The fraction of sp³-hybridized carbons (Fsp3) is 0.900. The van der Waals surface area contributed by atoms with Crippen molar-refractivity contribution in [3.63, 3.8) is 0 Å². The van der Waals surface area contributed by atoms with Crippen LogP contribution in [-0.4, -0.2) is 29.3 Å². The molecule has 3 N–H and O–H groups in total. The van der Waals surface area contributed by atoms with Crippen molar-refractivity contribution in [3.8, 4) is 0 Å². The van der Waals surface area contributed by atoms with Crippen LogP contribution in [0, 0.1) is 0 Å². The first-order valence-electron chi connectivity index (χ1n) is 4.95. The first-order valence-corrected chi connectivity index (χ1v) is 4.95. The lowest BCUT2D eigenvalue weighted by Crippen LogP contribution is -2.28. The van der Waals surface area contributed by atoms with Crippen molar-refractivity contribution in [3.05, 3.63) is 0 Å². The van der Waals surface area contributed by atoms with Gasteiger partial charge in [-0.25, -0.2) is 0 Å². The van der Waals surface area contributed by atoms with Crippen molar-refractivity contribution >= 4 is 5.97 Å². The predicted molar refractivity (Wildman–Crippen MR) is 55.2 cm³/mol. The molecule has 0 aromatic heterocycles. The lowest BCUT2D eigenvalue weighted by atomic mass is 10.0. The van der Waals surface area contributed by atoms with Crippen LogP contribution in [0.2, 0.25) is 0 Å². The molecule has 84 valence electrons. The number of hydrogen-bond donors (Lipinski definition) is 2. The van der Waals surface area contributed by atoms with E-state index >= 15 is 0 Å². The Hall–Kier alpha value is -0.610. The molecule has 1 unspecified atom stereocenters. The fourth-order valence-corrected chi connectivity index (χ4v) is 1.00. The highest BCUT2D eigenvalue weighted by Crippen LogP contribution is 2.16. The Morgan fingerprint density at radius 2 is 2.14 bits per heavy atom. The van der Waals surface area contributed by atoms with Gasteiger partial charge in [0.05, 0.1) is 5.60 Å². The minimum Gasteiger partial charge on any atom is -0.481 e. The van der Waals surface area contributed by atoms with E-state index in [0.29, 0.717) is 13.0 Å². The van der Waals surface area contributed by atoms with Gasteiger partial charge in [-0.15, -0.1) is 0 Å². The lowest BCUT2D eigenvalue weighted by molar-refractivity contribution is -0.138. The highest BCUT2D eigenvalue weighted by Gasteiger charge is 2.19. The Labute approximate surface area is 85.4 Å². The van der Waals surface area contributed by atoms with Crippen LogP contribution in [-0.2, 0) is 9.53 Å². The number of carboxylic acids is 1. The van der Waals surface area contributed by atoms with Crippen LogP contribution >= 0.6 is 0 Å². The van der Waals surface area contributed by atoms with E-state index in [1.54, 1.807) is 0 Å². The number of rotatable bonds is 7. The fourth-order valence-electron chi connectivity index (χ4n) is 1.00. The molecule has 0 heterocycles. The molecular weight excluding hydrogens is 182 g/mol. The highest BCUT2D eigenvalue weighted by atomic mass is 16.5. The Balaban J connectivity index is 3.66. The summed E-state index contributed by atoms with van der Waals surface area (Å²) in [7, 11) is 0. The van der Waals surface area contributed by atoms with E-state index in [9.17, 15) is 4.79 Å². The Bertz CT molecular complexity index is 178. The lowest BCUT2D eigenvalue weighted by Gasteiger charge is -2.25. The number of nitrogens with two attached hydrogens (primary N) is 1. The smallest absolute Gasteiger partial charge is 0.303 e. The summed E-state index contributed by atoms with van der Waals surface area (Å²) in [6.07, 6.45) is 1.48. The SMILES string of the molecule is CC(N)CCOC(C)(C)CCC(=O)O. The second-order valence-corrected chi connectivity index (χ2v) is 4.27. The molecule has 0 amide bonds. The molecule has 0 bridgehead atoms. The molecular formula is C10H21NO3. The van der Waals surface area contributed by atoms with Crippen molar-refractivity contribution < 1.29 is 14.6 Å². The molecule has 1 atom stereocenters. The zero-order valence-corrected chi connectivity index (χ0v) is 9.25. The summed E-state index contributed by atoms with van der Waals surface area (Å²) >= 11 is 0. The van der Waals surface area contributed by atoms with Gasteiger partial charge in [0.2, 0.25) is 0 Å². The Morgan fingerprint density at radius 1 is 1.57 bits per heavy atom. The van der Waals surface area contributed by atoms with Crippen molar-refractivity contribution in [1.29, 1.82) is 0 Å². The van der Waals surface area contributed by atoms with E-state index in [4.69, 9.17) is 15.6 Å². The molecule has 0 aromatic carbocycles. The third-order valence-corrected chi connectivity index (χ3v) is 2.01. The molecule has 0 aliphatic heterocycles. The van der Waals surface area contributed by atoms with Crippen LogP contribution in [0.1, 0.15) is 40.0 Å². The normalized spacial score (nSPS) is 14.0. The maximum Gasteiger partial charge on any atom is 0.303 e. The van der Waals surface area contributed by atoms with Crippen LogP contribution in [0.4, 0.5) is 0 Å². The van der Waals surface area contributed by atoms with Gasteiger partial charge in [0.15, 0.2) is 0 Å². The topological polar surface area (TPSA) is 72.5 Å². The van der Waals surface area contributed by atoms with Gasteiger partial charge in [-0.3, -0.25) is 4.79 Å². The molecule has 4 nitrogen and oxygen atoms in total. The van der Waals surface area contributed by atoms with E-state index < -0.39 is 5.97 Å². The van der Waals surface area contributed by atoms with Gasteiger partial charge in [-0.05, 0) is 33.6 Å². The summed E-state index contributed by atoms with van der Waals surface area (Å²) in [5.41, 5.74) is 5.20. The van der Waals surface area contributed by atoms with E-state index in [1.807, 2.05) is 20.8 Å². The van der Waals surface area contributed by atoms with Gasteiger partial charge < -0.3 is 15.6 Å². The Morgan fingerprint density at radius 3 is 2.57 bits per heavy atom. The molecule has 0 spiro atoms. The third kappa shape index (κ3) is 8.01. The van der Waals surface area contributed by atoms with Crippen LogP contribution in [0.15, 0.2) is 0 Å². The first kappa shape index (κ1) is 13.4. The van der Waals surface area contributed by atoms with Crippen LogP contribution in [0.25, 0.3) is 0 Å². The summed E-state index contributed by atoms with van der Waals surface area (Å²) in [5.74, 6) is -0.783. The van der Waals surface area contributed by atoms with Gasteiger partial charge in [-0.2, -0.15) is 0 Å². The van der Waals surface area contributed by atoms with E-state index in [2.05, 4.69) is 0 Å². The molecule has 0 fully saturated rings. The molecule has 0 radical (unpaired) electrons. The zero-order chi connectivity index (χ0) is 11.2. The monoisotopic (exact) mass is 203 g/mol. The molecule has 0 rings (SSSR count). The quantitative estimate of drug-likeness (QED) is 0.655. The maximum absolute atomic E-state index is 10.4. The average Bonchev–Trinajstić information content (AvgIpc) is 2.00. The summed E-state index contributed by atoms with van der Waals surface area (Å²) in [6, 6.07) is 0.130. The predicted octanol–water partition coefficient (Wildman–Crippen LogP) is 1.38. The second-order valence-electron chi connectivity index (χ2n) is 4.27.